The molecule has 0 saturated carbocycles. The molecule has 1 fully saturated rings. The van der Waals surface area contributed by atoms with E-state index < -0.39 is 0 Å². The number of hydrogen-bond donors (Lipinski definition) is 0. The Balaban J connectivity index is 1.60. The molecule has 2 aliphatic rings. The number of aromatic nitrogens is 1. The van der Waals surface area contributed by atoms with Crippen molar-refractivity contribution in [2.75, 3.05) is 51.3 Å². The Morgan fingerprint density at radius 3 is 2.53 bits per heavy atom. The van der Waals surface area contributed by atoms with E-state index in [1.807, 2.05) is 36.9 Å². The van der Waals surface area contributed by atoms with Crippen LogP contribution in [0.3, 0.4) is 0 Å². The molecule has 0 spiro atoms. The highest BCUT2D eigenvalue weighted by Gasteiger charge is 2.26. The number of nitrogens with zero attached hydrogens (tertiary/aromatic N) is 4. The van der Waals surface area contributed by atoms with E-state index >= 15 is 0 Å². The number of amides is 1. The predicted octanol–water partition coefficient (Wildman–Crippen LogP) is 3.40. The van der Waals surface area contributed by atoms with Gasteiger partial charge >= 0.3 is 0 Å². The van der Waals surface area contributed by atoms with Crippen molar-refractivity contribution >= 4 is 23.2 Å². The lowest BCUT2D eigenvalue weighted by Gasteiger charge is -2.33. The maximum absolute atomic E-state index is 12.9. The minimum absolute atomic E-state index is 0.000978. The molecule has 7 heteroatoms. The van der Waals surface area contributed by atoms with Crippen LogP contribution in [0.15, 0.2) is 30.5 Å². The van der Waals surface area contributed by atoms with E-state index in [9.17, 15) is 9.59 Å². The molecule has 7 nitrogen and oxygen atoms in total. The molecule has 1 aromatic carbocycles. The minimum Gasteiger partial charge on any atom is -0.488 e. The van der Waals surface area contributed by atoms with E-state index in [2.05, 4.69) is 34.8 Å². The van der Waals surface area contributed by atoms with Crippen molar-refractivity contribution in [1.29, 1.82) is 0 Å². The van der Waals surface area contributed by atoms with E-state index in [1.54, 1.807) is 6.20 Å². The molecule has 0 radical (unpaired) electrons. The van der Waals surface area contributed by atoms with E-state index in [-0.39, 0.29) is 17.6 Å². The third kappa shape index (κ3) is 4.35. The summed E-state index contributed by atoms with van der Waals surface area (Å²) in [5.74, 6) is 1.46. The summed E-state index contributed by atoms with van der Waals surface area (Å²) in [6.07, 6.45) is 2.43. The van der Waals surface area contributed by atoms with E-state index in [4.69, 9.17) is 4.74 Å². The smallest absolute Gasteiger partial charge is 0.255 e. The highest BCUT2D eigenvalue weighted by Crippen LogP contribution is 2.36. The average Bonchev–Trinajstić information content (AvgIpc) is 2.82. The zero-order valence-electron chi connectivity index (χ0n) is 19.4. The van der Waals surface area contributed by atoms with Gasteiger partial charge in [0.15, 0.2) is 17.4 Å². The second-order valence-corrected chi connectivity index (χ2v) is 8.86. The van der Waals surface area contributed by atoms with Crippen LogP contribution in [0.4, 0.5) is 11.5 Å². The molecule has 2 aromatic rings. The van der Waals surface area contributed by atoms with Crippen molar-refractivity contribution in [1.82, 2.24) is 14.8 Å². The number of likely N-dealkylation sites (N-methyl/N-ethyl adjacent to an activating group) is 1. The van der Waals surface area contributed by atoms with Crippen molar-refractivity contribution < 1.29 is 14.3 Å². The van der Waals surface area contributed by atoms with Crippen molar-refractivity contribution in [3.05, 3.63) is 47.2 Å². The molecule has 1 aromatic heterocycles. The Morgan fingerprint density at radius 1 is 1.09 bits per heavy atom. The number of Topliss-reactive ketones (excluding diaryl/α,β-unsaturated/α-hetero) is 1. The minimum atomic E-state index is -0.0341. The van der Waals surface area contributed by atoms with Gasteiger partial charge in [-0.3, -0.25) is 9.59 Å². The van der Waals surface area contributed by atoms with Crippen LogP contribution in [0, 0.1) is 5.92 Å². The molecule has 0 unspecified atom stereocenters. The van der Waals surface area contributed by atoms with Crippen molar-refractivity contribution in [2.45, 2.75) is 27.2 Å². The topological polar surface area (TPSA) is 66.0 Å². The van der Waals surface area contributed by atoms with Crippen LogP contribution in [-0.4, -0.2) is 72.9 Å². The van der Waals surface area contributed by atoms with Gasteiger partial charge < -0.3 is 19.4 Å². The van der Waals surface area contributed by atoms with Gasteiger partial charge in [0.2, 0.25) is 0 Å². The Bertz CT molecular complexity index is 1010. The first-order chi connectivity index (χ1) is 15.4. The summed E-state index contributed by atoms with van der Waals surface area (Å²) in [4.78, 5) is 36.4. The van der Waals surface area contributed by atoms with Crippen LogP contribution >= 0.6 is 0 Å². The Labute approximate surface area is 190 Å². The maximum atomic E-state index is 12.9. The van der Waals surface area contributed by atoms with Gasteiger partial charge in [-0.15, -0.1) is 0 Å². The SMILES string of the molecule is CCc1cc(N2CCOc3cc(C(=O)N4CCN(C)CC4)cnc32)ccc1C(=O)C(C)C. The van der Waals surface area contributed by atoms with Gasteiger partial charge in [-0.05, 0) is 43.3 Å². The number of benzene rings is 1. The van der Waals surface area contributed by atoms with E-state index in [0.717, 1.165) is 49.4 Å². The number of piperazine rings is 1. The van der Waals surface area contributed by atoms with Gasteiger partial charge in [-0.25, -0.2) is 4.98 Å². The molecule has 0 aliphatic carbocycles. The highest BCUT2D eigenvalue weighted by atomic mass is 16.5. The Hall–Kier alpha value is -2.93. The number of pyridine rings is 1. The summed E-state index contributed by atoms with van der Waals surface area (Å²) in [6, 6.07) is 7.80. The largest absolute Gasteiger partial charge is 0.488 e. The lowest BCUT2D eigenvalue weighted by Crippen LogP contribution is -2.47. The molecule has 0 N–H and O–H groups in total. The molecule has 4 rings (SSSR count). The van der Waals surface area contributed by atoms with Gasteiger partial charge in [0.1, 0.15) is 6.61 Å². The summed E-state index contributed by atoms with van der Waals surface area (Å²) >= 11 is 0. The van der Waals surface area contributed by atoms with Crippen LogP contribution in [0.2, 0.25) is 0 Å². The molecule has 32 heavy (non-hydrogen) atoms. The van der Waals surface area contributed by atoms with Gasteiger partial charge in [-0.1, -0.05) is 20.8 Å². The number of aryl methyl sites for hydroxylation is 1. The van der Waals surface area contributed by atoms with Crippen LogP contribution in [0.5, 0.6) is 5.75 Å². The zero-order valence-corrected chi connectivity index (χ0v) is 19.4. The fourth-order valence-corrected chi connectivity index (χ4v) is 4.25. The lowest BCUT2D eigenvalue weighted by atomic mass is 9.94. The van der Waals surface area contributed by atoms with Gasteiger partial charge in [0, 0.05) is 49.5 Å². The molecule has 1 saturated heterocycles. The summed E-state index contributed by atoms with van der Waals surface area (Å²) in [6.45, 7) is 10.3. The molecule has 2 aliphatic heterocycles. The normalized spacial score (nSPS) is 16.7. The quantitative estimate of drug-likeness (QED) is 0.670. The Kier molecular flexibility index (Phi) is 6.46. The fourth-order valence-electron chi connectivity index (χ4n) is 4.25. The number of ketones is 1. The summed E-state index contributed by atoms with van der Waals surface area (Å²) in [5, 5.41) is 0. The number of rotatable bonds is 5. The molecule has 3 heterocycles. The number of carbonyl (C=O) groups excluding carboxylic acids is 2. The van der Waals surface area contributed by atoms with E-state index in [1.165, 1.54) is 0 Å². The first kappa shape index (κ1) is 22.3. The fraction of sp³-hybridized carbons (Fsp3) is 0.480. The second-order valence-electron chi connectivity index (χ2n) is 8.86. The predicted molar refractivity (Wildman–Crippen MR) is 125 cm³/mol. The first-order valence-corrected chi connectivity index (χ1v) is 11.4. The molecular formula is C25H32N4O3. The lowest BCUT2D eigenvalue weighted by molar-refractivity contribution is 0.0663. The molecule has 0 bridgehead atoms. The monoisotopic (exact) mass is 436 g/mol. The summed E-state index contributed by atoms with van der Waals surface area (Å²) in [7, 11) is 2.07. The number of fused-ring (bicyclic) bond motifs is 1. The van der Waals surface area contributed by atoms with Crippen LogP contribution in [0.25, 0.3) is 0 Å². The molecule has 170 valence electrons. The van der Waals surface area contributed by atoms with Gasteiger partial charge in [-0.2, -0.15) is 0 Å². The van der Waals surface area contributed by atoms with Gasteiger partial charge in [0.05, 0.1) is 12.1 Å². The number of ether oxygens (including phenoxy) is 1. The molecule has 0 atom stereocenters. The van der Waals surface area contributed by atoms with Gasteiger partial charge in [0.25, 0.3) is 5.91 Å². The number of hydrogen-bond acceptors (Lipinski definition) is 6. The van der Waals surface area contributed by atoms with Crippen LogP contribution in [-0.2, 0) is 6.42 Å². The zero-order chi connectivity index (χ0) is 22.8. The third-order valence-electron chi connectivity index (χ3n) is 6.27. The molecule has 1 amide bonds. The molecular weight excluding hydrogens is 404 g/mol. The average molecular weight is 437 g/mol. The first-order valence-electron chi connectivity index (χ1n) is 11.4. The summed E-state index contributed by atoms with van der Waals surface area (Å²) < 4.78 is 5.88. The van der Waals surface area contributed by atoms with Crippen molar-refractivity contribution in [2.24, 2.45) is 5.92 Å². The van der Waals surface area contributed by atoms with Crippen molar-refractivity contribution in [3.63, 3.8) is 0 Å². The Morgan fingerprint density at radius 2 is 1.84 bits per heavy atom. The number of carbonyl (C=O) groups is 2. The third-order valence-corrected chi connectivity index (χ3v) is 6.27. The number of anilines is 2. The standard InChI is InChI=1S/C25H32N4O3/c1-5-18-14-20(6-7-21(18)23(30)17(2)3)29-12-13-32-22-15-19(16-26-24(22)29)25(31)28-10-8-27(4)9-11-28/h6-7,14-17H,5,8-13H2,1-4H3. The van der Waals surface area contributed by atoms with Crippen molar-refractivity contribution in [3.8, 4) is 5.75 Å². The maximum Gasteiger partial charge on any atom is 0.255 e. The van der Waals surface area contributed by atoms with E-state index in [0.29, 0.717) is 30.3 Å². The highest BCUT2D eigenvalue weighted by molar-refractivity contribution is 5.99. The van der Waals surface area contributed by atoms with Crippen LogP contribution < -0.4 is 9.64 Å². The summed E-state index contributed by atoms with van der Waals surface area (Å²) in [5.41, 5.74) is 3.37. The second kappa shape index (κ2) is 9.28. The van der Waals surface area contributed by atoms with Crippen LogP contribution in [0.1, 0.15) is 47.1 Å².